The fourth-order valence-electron chi connectivity index (χ4n) is 3.55. The summed E-state index contributed by atoms with van der Waals surface area (Å²) in [7, 11) is 2.08. The van der Waals surface area contributed by atoms with Crippen LogP contribution in [0.2, 0.25) is 0 Å². The molecular weight excluding hydrogens is 312 g/mol. The van der Waals surface area contributed by atoms with E-state index in [9.17, 15) is 4.79 Å². The summed E-state index contributed by atoms with van der Waals surface area (Å²) in [4.78, 5) is 19.1. The number of benzene rings is 1. The van der Waals surface area contributed by atoms with Crippen molar-refractivity contribution in [3.05, 3.63) is 24.0 Å². The maximum atomic E-state index is 11.8. The molecule has 2 heterocycles. The molecule has 0 spiro atoms. The molecule has 136 valence electrons. The number of carbonyl (C=O) groups is 1. The van der Waals surface area contributed by atoms with Crippen LogP contribution in [0.4, 0.5) is 5.69 Å². The van der Waals surface area contributed by atoms with Gasteiger partial charge in [0.05, 0.1) is 11.0 Å². The summed E-state index contributed by atoms with van der Waals surface area (Å²) in [6, 6.07) is 6.00. The quantitative estimate of drug-likeness (QED) is 0.873. The summed E-state index contributed by atoms with van der Waals surface area (Å²) in [5.41, 5.74) is 2.91. The fourth-order valence-corrected chi connectivity index (χ4v) is 3.55. The molecule has 1 saturated heterocycles. The molecule has 0 aliphatic carbocycles. The van der Waals surface area contributed by atoms with E-state index < -0.39 is 0 Å². The predicted molar refractivity (Wildman–Crippen MR) is 103 cm³/mol. The highest BCUT2D eigenvalue weighted by Gasteiger charge is 2.16. The van der Waals surface area contributed by atoms with Crippen LogP contribution in [0.3, 0.4) is 0 Å². The molecule has 0 radical (unpaired) electrons. The monoisotopic (exact) mass is 342 g/mol. The van der Waals surface area contributed by atoms with Gasteiger partial charge in [-0.15, -0.1) is 0 Å². The number of hydrogen-bond donors (Lipinski definition) is 1. The average Bonchev–Trinajstić information content (AvgIpc) is 2.90. The lowest BCUT2D eigenvalue weighted by molar-refractivity contribution is -0.116. The van der Waals surface area contributed by atoms with E-state index in [0.717, 1.165) is 47.8 Å². The number of likely N-dealkylation sites (tertiary alicyclic amines) is 1. The van der Waals surface area contributed by atoms with Gasteiger partial charge in [0.2, 0.25) is 5.91 Å². The number of rotatable bonds is 6. The van der Waals surface area contributed by atoms with Crippen LogP contribution >= 0.6 is 0 Å². The molecule has 0 atom stereocenters. The second kappa shape index (κ2) is 8.00. The van der Waals surface area contributed by atoms with Crippen molar-refractivity contribution in [2.45, 2.75) is 46.0 Å². The summed E-state index contributed by atoms with van der Waals surface area (Å²) in [6.45, 7) is 7.85. The van der Waals surface area contributed by atoms with Crippen molar-refractivity contribution in [1.29, 1.82) is 0 Å². The minimum absolute atomic E-state index is 0.0670. The zero-order valence-electron chi connectivity index (χ0n) is 15.7. The van der Waals surface area contributed by atoms with Crippen LogP contribution in [0.25, 0.3) is 11.0 Å². The Labute approximate surface area is 150 Å². The highest BCUT2D eigenvalue weighted by molar-refractivity contribution is 5.93. The molecular formula is C20H30N4O. The minimum atomic E-state index is 0.0670. The summed E-state index contributed by atoms with van der Waals surface area (Å²) in [5, 5.41) is 2.96. The molecule has 1 aliphatic heterocycles. The lowest BCUT2D eigenvalue weighted by Gasteiger charge is -2.29. The van der Waals surface area contributed by atoms with Gasteiger partial charge in [0, 0.05) is 32.1 Å². The molecule has 1 N–H and O–H groups in total. The Morgan fingerprint density at radius 2 is 2.08 bits per heavy atom. The molecule has 1 amide bonds. The number of nitrogens with zero attached hydrogens (tertiary/aromatic N) is 3. The smallest absolute Gasteiger partial charge is 0.224 e. The lowest BCUT2D eigenvalue weighted by atomic mass is 9.99. The summed E-state index contributed by atoms with van der Waals surface area (Å²) in [5.74, 6) is 2.05. The zero-order chi connectivity index (χ0) is 17.8. The van der Waals surface area contributed by atoms with Crippen molar-refractivity contribution >= 4 is 22.6 Å². The topological polar surface area (TPSA) is 50.2 Å². The molecule has 1 fully saturated rings. The molecule has 1 aromatic heterocycles. The number of amides is 1. The molecule has 1 aromatic carbocycles. The Morgan fingerprint density at radius 3 is 2.80 bits per heavy atom. The van der Waals surface area contributed by atoms with E-state index in [0.29, 0.717) is 6.42 Å². The third-order valence-electron chi connectivity index (χ3n) is 5.26. The summed E-state index contributed by atoms with van der Waals surface area (Å²) >= 11 is 0. The van der Waals surface area contributed by atoms with E-state index in [1.165, 1.54) is 25.9 Å². The largest absolute Gasteiger partial charge is 0.331 e. The van der Waals surface area contributed by atoms with Gasteiger partial charge >= 0.3 is 0 Å². The van der Waals surface area contributed by atoms with Crippen molar-refractivity contribution in [2.24, 2.45) is 13.0 Å². The van der Waals surface area contributed by atoms with Crippen LogP contribution < -0.4 is 5.32 Å². The van der Waals surface area contributed by atoms with Crippen LogP contribution in [0.15, 0.2) is 18.2 Å². The Balaban J connectivity index is 1.67. The van der Waals surface area contributed by atoms with E-state index in [1.807, 2.05) is 19.1 Å². The Morgan fingerprint density at radius 1 is 1.32 bits per heavy atom. The number of anilines is 1. The first-order valence-electron chi connectivity index (χ1n) is 9.54. The number of aryl methyl sites for hydroxylation is 1. The van der Waals surface area contributed by atoms with Crippen LogP contribution in [0, 0.1) is 5.92 Å². The molecule has 0 unspecified atom stereocenters. The lowest BCUT2D eigenvalue weighted by Crippen LogP contribution is -2.34. The molecule has 2 aromatic rings. The first-order chi connectivity index (χ1) is 12.1. The van der Waals surface area contributed by atoms with Gasteiger partial charge in [0.1, 0.15) is 5.82 Å². The van der Waals surface area contributed by atoms with E-state index in [-0.39, 0.29) is 5.91 Å². The van der Waals surface area contributed by atoms with Gasteiger partial charge < -0.3 is 14.8 Å². The number of imidazole rings is 1. The first-order valence-corrected chi connectivity index (χ1v) is 9.54. The number of aromatic nitrogens is 2. The van der Waals surface area contributed by atoms with Crippen molar-refractivity contribution in [2.75, 3.05) is 25.0 Å². The normalized spacial score (nSPS) is 16.4. The molecule has 5 nitrogen and oxygen atoms in total. The molecule has 5 heteroatoms. The van der Waals surface area contributed by atoms with E-state index >= 15 is 0 Å². The Hall–Kier alpha value is -1.88. The fraction of sp³-hybridized carbons (Fsp3) is 0.600. The standard InChI is InChI=1S/C20H30N4O/c1-4-5-20(25)21-16-6-7-18-17(14-16)22-19(23(18)3)10-13-24-11-8-15(2)9-12-24/h6-7,14-15H,4-5,8-13H2,1-3H3,(H,21,25). The van der Waals surface area contributed by atoms with Gasteiger partial charge in [-0.25, -0.2) is 4.98 Å². The molecule has 1 aliphatic rings. The zero-order valence-corrected chi connectivity index (χ0v) is 15.7. The van der Waals surface area contributed by atoms with Gasteiger partial charge in [-0.3, -0.25) is 4.79 Å². The van der Waals surface area contributed by atoms with Crippen LogP contribution in [-0.4, -0.2) is 40.0 Å². The first kappa shape index (κ1) is 17.9. The van der Waals surface area contributed by atoms with E-state index in [2.05, 4.69) is 34.8 Å². The SMILES string of the molecule is CCCC(=O)Nc1ccc2c(c1)nc(CCN1CCC(C)CC1)n2C. The van der Waals surface area contributed by atoms with Gasteiger partial charge in [0.15, 0.2) is 0 Å². The van der Waals surface area contributed by atoms with E-state index in [4.69, 9.17) is 4.98 Å². The van der Waals surface area contributed by atoms with Gasteiger partial charge in [0.25, 0.3) is 0 Å². The van der Waals surface area contributed by atoms with Gasteiger partial charge in [-0.2, -0.15) is 0 Å². The highest BCUT2D eigenvalue weighted by atomic mass is 16.1. The maximum Gasteiger partial charge on any atom is 0.224 e. The second-order valence-electron chi connectivity index (χ2n) is 7.36. The number of piperidine rings is 1. The number of carbonyl (C=O) groups excluding carboxylic acids is 1. The number of fused-ring (bicyclic) bond motifs is 1. The van der Waals surface area contributed by atoms with Crippen LogP contribution in [0.5, 0.6) is 0 Å². The third kappa shape index (κ3) is 4.40. The number of nitrogens with one attached hydrogen (secondary N) is 1. The second-order valence-corrected chi connectivity index (χ2v) is 7.36. The molecule has 0 bridgehead atoms. The van der Waals surface area contributed by atoms with Crippen molar-refractivity contribution in [3.8, 4) is 0 Å². The Bertz CT molecular complexity index is 729. The number of hydrogen-bond acceptors (Lipinski definition) is 3. The van der Waals surface area contributed by atoms with Crippen molar-refractivity contribution in [3.63, 3.8) is 0 Å². The van der Waals surface area contributed by atoms with Crippen molar-refractivity contribution in [1.82, 2.24) is 14.5 Å². The third-order valence-corrected chi connectivity index (χ3v) is 5.26. The van der Waals surface area contributed by atoms with Gasteiger partial charge in [-0.1, -0.05) is 13.8 Å². The maximum absolute atomic E-state index is 11.8. The predicted octanol–water partition coefficient (Wildman–Crippen LogP) is 3.59. The van der Waals surface area contributed by atoms with Crippen LogP contribution in [-0.2, 0) is 18.3 Å². The van der Waals surface area contributed by atoms with Crippen molar-refractivity contribution < 1.29 is 4.79 Å². The van der Waals surface area contributed by atoms with Crippen LogP contribution in [0.1, 0.15) is 45.4 Å². The minimum Gasteiger partial charge on any atom is -0.331 e. The molecule has 3 rings (SSSR count). The summed E-state index contributed by atoms with van der Waals surface area (Å²) in [6.07, 6.45) is 5.00. The average molecular weight is 342 g/mol. The van der Waals surface area contributed by atoms with E-state index in [1.54, 1.807) is 0 Å². The molecule has 0 saturated carbocycles. The highest BCUT2D eigenvalue weighted by Crippen LogP contribution is 2.21. The Kier molecular flexibility index (Phi) is 5.74. The van der Waals surface area contributed by atoms with Gasteiger partial charge in [-0.05, 0) is 56.5 Å². The summed E-state index contributed by atoms with van der Waals surface area (Å²) < 4.78 is 2.18. The molecule has 25 heavy (non-hydrogen) atoms.